The Bertz CT molecular complexity index is 671. The second kappa shape index (κ2) is 4.83. The van der Waals surface area contributed by atoms with Crippen LogP contribution >= 0.6 is 22.0 Å². The van der Waals surface area contributed by atoms with E-state index in [9.17, 15) is 8.42 Å². The van der Waals surface area contributed by atoms with Gasteiger partial charge in [-0.15, -0.1) is 11.3 Å². The zero-order valence-electron chi connectivity index (χ0n) is 10.5. The molecule has 2 rings (SSSR count). The SMILES string of the molecule is CCCc1nc2sc(C(C)C)cn2c1S(=O)(=O)Cl. The lowest BCUT2D eigenvalue weighted by molar-refractivity contribution is 0.603. The molecule has 0 N–H and O–H groups in total. The zero-order valence-corrected chi connectivity index (χ0v) is 12.9. The molecule has 2 heterocycles. The van der Waals surface area contributed by atoms with E-state index in [1.807, 2.05) is 13.1 Å². The number of nitrogens with zero attached hydrogens (tertiary/aromatic N) is 2. The summed E-state index contributed by atoms with van der Waals surface area (Å²) in [7, 11) is 1.75. The highest BCUT2D eigenvalue weighted by Crippen LogP contribution is 2.30. The van der Waals surface area contributed by atoms with Crippen molar-refractivity contribution in [1.82, 2.24) is 9.38 Å². The van der Waals surface area contributed by atoms with E-state index in [2.05, 4.69) is 18.8 Å². The number of rotatable bonds is 4. The fourth-order valence-corrected chi connectivity index (χ4v) is 4.17. The van der Waals surface area contributed by atoms with Crippen molar-refractivity contribution in [3.05, 3.63) is 16.8 Å². The van der Waals surface area contributed by atoms with Crippen molar-refractivity contribution in [2.45, 2.75) is 44.6 Å². The van der Waals surface area contributed by atoms with Crippen LogP contribution in [0.3, 0.4) is 0 Å². The molecule has 0 aliphatic heterocycles. The van der Waals surface area contributed by atoms with Gasteiger partial charge in [0, 0.05) is 21.8 Å². The minimum absolute atomic E-state index is 0.129. The first-order valence-corrected chi connectivity index (χ1v) is 8.92. The molecule has 0 fully saturated rings. The predicted molar refractivity (Wildman–Crippen MR) is 74.2 cm³/mol. The van der Waals surface area contributed by atoms with Crippen LogP contribution in [0.5, 0.6) is 0 Å². The van der Waals surface area contributed by atoms with Gasteiger partial charge in [-0.05, 0) is 12.3 Å². The monoisotopic (exact) mass is 306 g/mol. The van der Waals surface area contributed by atoms with Crippen molar-refractivity contribution in [2.24, 2.45) is 0 Å². The van der Waals surface area contributed by atoms with Gasteiger partial charge in [0.25, 0.3) is 9.05 Å². The maximum absolute atomic E-state index is 11.7. The third-order valence-electron chi connectivity index (χ3n) is 2.65. The maximum atomic E-state index is 11.7. The topological polar surface area (TPSA) is 51.4 Å². The first-order chi connectivity index (χ1) is 8.34. The molecule has 0 saturated carbocycles. The number of halogens is 1. The Hall–Kier alpha value is -0.590. The highest BCUT2D eigenvalue weighted by molar-refractivity contribution is 8.13. The van der Waals surface area contributed by atoms with Crippen LogP contribution in [0.4, 0.5) is 0 Å². The van der Waals surface area contributed by atoms with Crippen LogP contribution in [-0.2, 0) is 15.5 Å². The first-order valence-electron chi connectivity index (χ1n) is 5.80. The largest absolute Gasteiger partial charge is 0.279 e. The van der Waals surface area contributed by atoms with Crippen molar-refractivity contribution >= 4 is 36.0 Å². The number of aryl methyl sites for hydroxylation is 1. The molecule has 7 heteroatoms. The van der Waals surface area contributed by atoms with Crippen LogP contribution in [-0.4, -0.2) is 17.8 Å². The Kier molecular flexibility index (Phi) is 3.71. The molecule has 2 aromatic heterocycles. The van der Waals surface area contributed by atoms with E-state index in [-0.39, 0.29) is 5.03 Å². The number of imidazole rings is 1. The van der Waals surface area contributed by atoms with E-state index >= 15 is 0 Å². The summed E-state index contributed by atoms with van der Waals surface area (Å²) in [5.74, 6) is 0.345. The van der Waals surface area contributed by atoms with Crippen LogP contribution < -0.4 is 0 Å². The molecule has 0 aromatic carbocycles. The number of fused-ring (bicyclic) bond motifs is 1. The molecule has 100 valence electrons. The second-order valence-corrected chi connectivity index (χ2v) is 8.01. The fraction of sp³-hybridized carbons (Fsp3) is 0.545. The van der Waals surface area contributed by atoms with Crippen LogP contribution in [0.25, 0.3) is 4.96 Å². The molecule has 0 bridgehead atoms. The second-order valence-electron chi connectivity index (χ2n) is 4.49. The van der Waals surface area contributed by atoms with Gasteiger partial charge in [-0.1, -0.05) is 27.2 Å². The average Bonchev–Trinajstić information content (AvgIpc) is 2.72. The fourth-order valence-electron chi connectivity index (χ4n) is 1.81. The summed E-state index contributed by atoms with van der Waals surface area (Å²) in [6, 6.07) is 0. The summed E-state index contributed by atoms with van der Waals surface area (Å²) in [6.45, 7) is 6.11. The molecule has 4 nitrogen and oxygen atoms in total. The van der Waals surface area contributed by atoms with Gasteiger partial charge in [0.1, 0.15) is 0 Å². The Labute approximate surface area is 115 Å². The lowest BCUT2D eigenvalue weighted by Crippen LogP contribution is -2.00. The normalized spacial score (nSPS) is 12.7. The van der Waals surface area contributed by atoms with E-state index in [0.717, 1.165) is 11.3 Å². The van der Waals surface area contributed by atoms with Crippen molar-refractivity contribution in [2.75, 3.05) is 0 Å². The summed E-state index contributed by atoms with van der Waals surface area (Å²) in [5.41, 5.74) is 0.564. The molecule has 2 aromatic rings. The third-order valence-corrected chi connectivity index (χ3v) is 5.27. The lowest BCUT2D eigenvalue weighted by Gasteiger charge is -2.00. The molecule has 18 heavy (non-hydrogen) atoms. The van der Waals surface area contributed by atoms with E-state index < -0.39 is 9.05 Å². The molecule has 0 spiro atoms. The van der Waals surface area contributed by atoms with E-state index in [0.29, 0.717) is 23.0 Å². The van der Waals surface area contributed by atoms with Gasteiger partial charge < -0.3 is 0 Å². The molecule has 0 radical (unpaired) electrons. The first kappa shape index (κ1) is 13.8. The Morgan fingerprint density at radius 3 is 2.67 bits per heavy atom. The van der Waals surface area contributed by atoms with Crippen LogP contribution in [0.15, 0.2) is 11.2 Å². The van der Waals surface area contributed by atoms with Crippen LogP contribution in [0, 0.1) is 0 Å². The summed E-state index contributed by atoms with van der Waals surface area (Å²) < 4.78 is 25.0. The van der Waals surface area contributed by atoms with Crippen LogP contribution in [0.1, 0.15) is 43.7 Å². The van der Waals surface area contributed by atoms with Gasteiger partial charge in [0.2, 0.25) is 0 Å². The predicted octanol–water partition coefficient (Wildman–Crippen LogP) is 3.40. The summed E-state index contributed by atoms with van der Waals surface area (Å²) >= 11 is 1.51. The smallest absolute Gasteiger partial charge is 0.279 e. The molecule has 0 aliphatic carbocycles. The molecular weight excluding hydrogens is 292 g/mol. The van der Waals surface area contributed by atoms with E-state index in [1.165, 1.54) is 11.3 Å². The number of hydrogen-bond donors (Lipinski definition) is 0. The molecule has 0 atom stereocenters. The zero-order chi connectivity index (χ0) is 13.5. The van der Waals surface area contributed by atoms with Crippen molar-refractivity contribution < 1.29 is 8.42 Å². The van der Waals surface area contributed by atoms with Gasteiger partial charge in [0.15, 0.2) is 9.99 Å². The van der Waals surface area contributed by atoms with Gasteiger partial charge >= 0.3 is 0 Å². The summed E-state index contributed by atoms with van der Waals surface area (Å²) in [4.78, 5) is 6.18. The van der Waals surface area contributed by atoms with Gasteiger partial charge in [0.05, 0.1) is 5.69 Å². The van der Waals surface area contributed by atoms with Gasteiger partial charge in [-0.2, -0.15) is 0 Å². The van der Waals surface area contributed by atoms with Crippen molar-refractivity contribution in [1.29, 1.82) is 0 Å². The standard InChI is InChI=1S/C11H15ClN2O2S2/c1-4-5-8-10(18(12,15)16)14-6-9(7(2)3)17-11(14)13-8/h6-7H,4-5H2,1-3H3. The minimum atomic E-state index is -3.77. The lowest BCUT2D eigenvalue weighted by atomic mass is 10.2. The quantitative estimate of drug-likeness (QED) is 0.813. The number of aromatic nitrogens is 2. The molecule has 0 aliphatic rings. The van der Waals surface area contributed by atoms with E-state index in [1.54, 1.807) is 4.40 Å². The highest BCUT2D eigenvalue weighted by atomic mass is 35.7. The minimum Gasteiger partial charge on any atom is -0.279 e. The molecule has 0 amide bonds. The maximum Gasteiger partial charge on any atom is 0.279 e. The highest BCUT2D eigenvalue weighted by Gasteiger charge is 2.24. The third kappa shape index (κ3) is 2.41. The van der Waals surface area contributed by atoms with Crippen molar-refractivity contribution in [3.63, 3.8) is 0 Å². The Morgan fingerprint density at radius 2 is 2.17 bits per heavy atom. The summed E-state index contributed by atoms with van der Waals surface area (Å²) in [6.07, 6.45) is 3.28. The molecular formula is C11H15ClN2O2S2. The van der Waals surface area contributed by atoms with Crippen molar-refractivity contribution in [3.8, 4) is 0 Å². The summed E-state index contributed by atoms with van der Waals surface area (Å²) in [5, 5.41) is 0.129. The Morgan fingerprint density at radius 1 is 1.50 bits per heavy atom. The van der Waals surface area contributed by atoms with Gasteiger partial charge in [-0.25, -0.2) is 13.4 Å². The molecule has 0 unspecified atom stereocenters. The van der Waals surface area contributed by atoms with Crippen LogP contribution in [0.2, 0.25) is 0 Å². The number of hydrogen-bond acceptors (Lipinski definition) is 4. The van der Waals surface area contributed by atoms with E-state index in [4.69, 9.17) is 10.7 Å². The molecule has 0 saturated heterocycles. The number of thiazole rings is 1. The van der Waals surface area contributed by atoms with Gasteiger partial charge in [-0.3, -0.25) is 4.40 Å². The average molecular weight is 307 g/mol. The Balaban J connectivity index is 2.71.